The third kappa shape index (κ3) is 5.44. The highest BCUT2D eigenvalue weighted by molar-refractivity contribution is 14.1. The van der Waals surface area contributed by atoms with Crippen molar-refractivity contribution in [3.8, 4) is 11.5 Å². The first kappa shape index (κ1) is 21.9. The maximum absolute atomic E-state index is 12.8. The molecular weight excluding hydrogens is 509 g/mol. The second-order valence-corrected chi connectivity index (χ2v) is 9.17. The molecule has 0 radical (unpaired) electrons. The average molecular weight is 531 g/mol. The van der Waals surface area contributed by atoms with Crippen LogP contribution in [0.4, 0.5) is 4.79 Å². The van der Waals surface area contributed by atoms with Gasteiger partial charge in [0.2, 0.25) is 0 Å². The number of carboxylic acids is 1. The predicted molar refractivity (Wildman–Crippen MR) is 118 cm³/mol. The smallest absolute Gasteiger partial charge is 0.341 e. The van der Waals surface area contributed by atoms with E-state index in [0.717, 1.165) is 37.4 Å². The summed E-state index contributed by atoms with van der Waals surface area (Å²) < 4.78 is 11.3. The minimum Gasteiger partial charge on any atom is -0.493 e. The number of nitrogens with zero attached hydrogens (tertiary/aromatic N) is 1. The molecule has 1 aromatic carbocycles. The SMILES string of the molecule is COc1cc(/C=C2/SC(=O)N(CC3CCCCC3)C2=O)cc(I)c1OCC(=O)O. The predicted octanol–water partition coefficient (Wildman–Crippen LogP) is 4.38. The Labute approximate surface area is 186 Å². The highest BCUT2D eigenvalue weighted by atomic mass is 127. The van der Waals surface area contributed by atoms with Gasteiger partial charge in [-0.05, 0) is 76.9 Å². The number of methoxy groups -OCH3 is 1. The fourth-order valence-corrected chi connectivity index (χ4v) is 5.16. The molecule has 2 amide bonds. The number of amides is 2. The molecule has 0 spiro atoms. The van der Waals surface area contributed by atoms with E-state index in [4.69, 9.17) is 14.6 Å². The summed E-state index contributed by atoms with van der Waals surface area (Å²) in [6, 6.07) is 3.42. The van der Waals surface area contributed by atoms with Gasteiger partial charge in [0.1, 0.15) is 0 Å². The number of ether oxygens (including phenoxy) is 2. The van der Waals surface area contributed by atoms with E-state index in [0.29, 0.717) is 38.0 Å². The number of aliphatic carboxylic acids is 1. The molecule has 2 aliphatic rings. The van der Waals surface area contributed by atoms with Gasteiger partial charge >= 0.3 is 5.97 Å². The van der Waals surface area contributed by atoms with E-state index in [1.807, 2.05) is 22.6 Å². The number of hydrogen-bond donors (Lipinski definition) is 1. The lowest BCUT2D eigenvalue weighted by molar-refractivity contribution is -0.139. The number of thioether (sulfide) groups is 1. The van der Waals surface area contributed by atoms with E-state index >= 15 is 0 Å². The van der Waals surface area contributed by atoms with Crippen molar-refractivity contribution < 1.29 is 29.0 Å². The number of hydrogen-bond acceptors (Lipinski definition) is 6. The largest absolute Gasteiger partial charge is 0.493 e. The molecule has 1 aliphatic carbocycles. The van der Waals surface area contributed by atoms with Gasteiger partial charge in [-0.25, -0.2) is 4.79 Å². The van der Waals surface area contributed by atoms with Crippen molar-refractivity contribution in [2.45, 2.75) is 32.1 Å². The molecule has 1 N–H and O–H groups in total. The third-order valence-corrected chi connectivity index (χ3v) is 6.64. The van der Waals surface area contributed by atoms with Gasteiger partial charge in [-0.1, -0.05) is 19.3 Å². The van der Waals surface area contributed by atoms with Gasteiger partial charge in [-0.3, -0.25) is 14.5 Å². The average Bonchev–Trinajstić information content (AvgIpc) is 2.94. The molecule has 1 saturated carbocycles. The van der Waals surface area contributed by atoms with Crippen molar-refractivity contribution in [2.75, 3.05) is 20.3 Å². The van der Waals surface area contributed by atoms with E-state index in [1.54, 1.807) is 18.2 Å². The van der Waals surface area contributed by atoms with Crippen molar-refractivity contribution in [3.05, 3.63) is 26.2 Å². The zero-order chi connectivity index (χ0) is 21.0. The molecule has 0 atom stereocenters. The highest BCUT2D eigenvalue weighted by Gasteiger charge is 2.36. The Morgan fingerprint density at radius 3 is 2.69 bits per heavy atom. The summed E-state index contributed by atoms with van der Waals surface area (Å²) in [7, 11) is 1.46. The second-order valence-electron chi connectivity index (χ2n) is 7.01. The minimum atomic E-state index is -1.08. The number of carboxylic acid groups (broad SMARTS) is 1. The van der Waals surface area contributed by atoms with Crippen molar-refractivity contribution >= 4 is 57.5 Å². The van der Waals surface area contributed by atoms with Crippen molar-refractivity contribution in [1.82, 2.24) is 4.90 Å². The van der Waals surface area contributed by atoms with Gasteiger partial charge in [0.15, 0.2) is 18.1 Å². The van der Waals surface area contributed by atoms with Crippen LogP contribution in [0.15, 0.2) is 17.0 Å². The van der Waals surface area contributed by atoms with Crippen LogP contribution < -0.4 is 9.47 Å². The standard InChI is InChI=1S/C20H22INO6S/c1-27-15-8-13(7-14(21)18(15)28-11-17(23)24)9-16-19(25)22(20(26)29-16)10-12-5-3-2-4-6-12/h7-9,12H,2-6,10-11H2,1H3,(H,23,24)/b16-9+. The number of carbonyl (C=O) groups is 3. The first-order chi connectivity index (χ1) is 13.9. The molecule has 7 nitrogen and oxygen atoms in total. The molecule has 9 heteroatoms. The molecule has 3 rings (SSSR count). The lowest BCUT2D eigenvalue weighted by Gasteiger charge is -2.25. The Balaban J connectivity index is 1.78. The number of rotatable bonds is 7. The van der Waals surface area contributed by atoms with Gasteiger partial charge in [-0.2, -0.15) is 0 Å². The lowest BCUT2D eigenvalue weighted by Crippen LogP contribution is -2.34. The molecule has 29 heavy (non-hydrogen) atoms. The first-order valence-electron chi connectivity index (χ1n) is 9.36. The van der Waals surface area contributed by atoms with Gasteiger partial charge in [0.25, 0.3) is 11.1 Å². The van der Waals surface area contributed by atoms with Gasteiger partial charge < -0.3 is 14.6 Å². The monoisotopic (exact) mass is 531 g/mol. The first-order valence-corrected chi connectivity index (χ1v) is 11.3. The number of imide groups is 1. The molecule has 1 heterocycles. The fraction of sp³-hybridized carbons (Fsp3) is 0.450. The molecule has 2 fully saturated rings. The zero-order valence-electron chi connectivity index (χ0n) is 16.0. The second kappa shape index (κ2) is 9.84. The molecule has 1 saturated heterocycles. The molecule has 0 bridgehead atoms. The van der Waals surface area contributed by atoms with Crippen LogP contribution in [0.25, 0.3) is 6.08 Å². The highest BCUT2D eigenvalue weighted by Crippen LogP contribution is 2.38. The third-order valence-electron chi connectivity index (χ3n) is 4.93. The summed E-state index contributed by atoms with van der Waals surface area (Å²) >= 11 is 2.97. The summed E-state index contributed by atoms with van der Waals surface area (Å²) in [5.74, 6) is -0.253. The summed E-state index contributed by atoms with van der Waals surface area (Å²) in [6.45, 7) is 0.0105. The lowest BCUT2D eigenvalue weighted by atomic mass is 9.89. The van der Waals surface area contributed by atoms with E-state index < -0.39 is 12.6 Å². The molecule has 1 aliphatic heterocycles. The van der Waals surface area contributed by atoms with Crippen LogP contribution in [0.3, 0.4) is 0 Å². The maximum Gasteiger partial charge on any atom is 0.341 e. The minimum absolute atomic E-state index is 0.227. The molecule has 0 aromatic heterocycles. The van der Waals surface area contributed by atoms with Crippen molar-refractivity contribution in [1.29, 1.82) is 0 Å². The number of carbonyl (C=O) groups excluding carboxylic acids is 2. The van der Waals surface area contributed by atoms with E-state index in [-0.39, 0.29) is 11.1 Å². The summed E-state index contributed by atoms with van der Waals surface area (Å²) in [5, 5.41) is 8.59. The Morgan fingerprint density at radius 2 is 2.03 bits per heavy atom. The normalized spacial score (nSPS) is 19.1. The van der Waals surface area contributed by atoms with Crippen molar-refractivity contribution in [3.63, 3.8) is 0 Å². The zero-order valence-corrected chi connectivity index (χ0v) is 19.0. The van der Waals surface area contributed by atoms with Crippen LogP contribution in [-0.2, 0) is 9.59 Å². The topological polar surface area (TPSA) is 93.1 Å². The van der Waals surface area contributed by atoms with Gasteiger partial charge in [0, 0.05) is 6.54 Å². The summed E-state index contributed by atoms with van der Waals surface area (Å²) in [6.07, 6.45) is 7.33. The van der Waals surface area contributed by atoms with Crippen molar-refractivity contribution in [2.24, 2.45) is 5.92 Å². The van der Waals surface area contributed by atoms with E-state index in [1.165, 1.54) is 18.4 Å². The van der Waals surface area contributed by atoms with E-state index in [2.05, 4.69) is 0 Å². The van der Waals surface area contributed by atoms with Gasteiger partial charge in [0.05, 0.1) is 15.6 Å². The Morgan fingerprint density at radius 1 is 1.31 bits per heavy atom. The van der Waals surface area contributed by atoms with Crippen LogP contribution in [0.2, 0.25) is 0 Å². The number of halogens is 1. The van der Waals surface area contributed by atoms with Crippen LogP contribution >= 0.6 is 34.4 Å². The molecule has 156 valence electrons. The fourth-order valence-electron chi connectivity index (χ4n) is 3.53. The van der Waals surface area contributed by atoms with Crippen LogP contribution in [0, 0.1) is 9.49 Å². The van der Waals surface area contributed by atoms with E-state index in [9.17, 15) is 14.4 Å². The van der Waals surface area contributed by atoms with Gasteiger partial charge in [-0.15, -0.1) is 0 Å². The summed E-state index contributed by atoms with van der Waals surface area (Å²) in [4.78, 5) is 37.7. The van der Waals surface area contributed by atoms with Crippen LogP contribution in [0.5, 0.6) is 11.5 Å². The van der Waals surface area contributed by atoms with Crippen LogP contribution in [-0.4, -0.2) is 47.4 Å². The summed E-state index contributed by atoms with van der Waals surface area (Å²) in [5.41, 5.74) is 0.678. The van der Waals surface area contributed by atoms with Crippen LogP contribution in [0.1, 0.15) is 37.7 Å². The maximum atomic E-state index is 12.8. The number of benzene rings is 1. The molecule has 0 unspecified atom stereocenters. The Hall–Kier alpha value is -1.75. The quantitative estimate of drug-likeness (QED) is 0.413. The molecule has 1 aromatic rings. The Kier molecular flexibility index (Phi) is 7.44. The molecular formula is C20H22INO6S. The Bertz CT molecular complexity index is 850.